The van der Waals surface area contributed by atoms with Crippen LogP contribution >= 0.6 is 0 Å². The molecule has 2 rings (SSSR count). The highest BCUT2D eigenvalue weighted by molar-refractivity contribution is 5.47. The average molecular weight is 526 g/mol. The molecule has 0 bridgehead atoms. The first-order valence-electron chi connectivity index (χ1n) is 15.9. The molecule has 0 fully saturated rings. The second-order valence-corrected chi connectivity index (χ2v) is 11.4. The summed E-state index contributed by atoms with van der Waals surface area (Å²) in [5, 5.41) is 3.61. The molecule has 216 valence electrons. The van der Waals surface area contributed by atoms with Crippen LogP contribution in [0.25, 0.3) is 0 Å². The summed E-state index contributed by atoms with van der Waals surface area (Å²) in [5.41, 5.74) is 8.08. The van der Waals surface area contributed by atoms with Crippen molar-refractivity contribution in [2.75, 3.05) is 13.7 Å². The molecule has 1 aliphatic rings. The van der Waals surface area contributed by atoms with Crippen LogP contribution in [-0.4, -0.2) is 25.9 Å². The predicted molar refractivity (Wildman–Crippen MR) is 165 cm³/mol. The Morgan fingerprint density at radius 3 is 1.89 bits per heavy atom. The summed E-state index contributed by atoms with van der Waals surface area (Å²) in [6.07, 6.45) is 18.9. The minimum absolute atomic E-state index is 0.0787. The normalized spacial score (nSPS) is 17.6. The monoisotopic (exact) mass is 525 g/mol. The zero-order valence-electron chi connectivity index (χ0n) is 26.0. The Hall–Kier alpha value is -1.58. The van der Waals surface area contributed by atoms with Crippen LogP contribution in [0.5, 0.6) is 0 Å². The minimum Gasteiger partial charge on any atom is -0.378 e. The maximum absolute atomic E-state index is 6.17. The molecule has 3 atom stereocenters. The van der Waals surface area contributed by atoms with Gasteiger partial charge < -0.3 is 14.8 Å². The quantitative estimate of drug-likeness (QED) is 0.172. The number of nitrogens with one attached hydrogen (secondary N) is 1. The maximum atomic E-state index is 6.17. The first-order valence-corrected chi connectivity index (χ1v) is 15.9. The summed E-state index contributed by atoms with van der Waals surface area (Å²) in [4.78, 5) is 0. The molecule has 0 saturated carbocycles. The Morgan fingerprint density at radius 1 is 0.789 bits per heavy atom. The third-order valence-electron chi connectivity index (χ3n) is 8.43. The summed E-state index contributed by atoms with van der Waals surface area (Å²) in [7, 11) is 1.81. The Morgan fingerprint density at radius 2 is 1.37 bits per heavy atom. The molecule has 0 radical (unpaired) electrons. The third kappa shape index (κ3) is 10.5. The summed E-state index contributed by atoms with van der Waals surface area (Å²) in [5.74, 6) is 0.282. The van der Waals surface area contributed by atoms with Gasteiger partial charge in [0.1, 0.15) is 0 Å². The van der Waals surface area contributed by atoms with Crippen LogP contribution in [0.1, 0.15) is 142 Å². The van der Waals surface area contributed by atoms with Gasteiger partial charge in [-0.15, -0.1) is 0 Å². The van der Waals surface area contributed by atoms with Crippen LogP contribution in [0.3, 0.4) is 0 Å². The van der Waals surface area contributed by atoms with Crippen LogP contribution in [0.2, 0.25) is 0 Å². The van der Waals surface area contributed by atoms with Crippen molar-refractivity contribution < 1.29 is 9.47 Å². The smallest absolute Gasteiger partial charge is 0.0781 e. The van der Waals surface area contributed by atoms with E-state index in [1.807, 2.05) is 7.11 Å². The molecule has 1 heterocycles. The van der Waals surface area contributed by atoms with Crippen molar-refractivity contribution in [2.24, 2.45) is 0 Å². The molecule has 0 amide bonds. The number of hydrogen-bond donors (Lipinski definition) is 1. The maximum Gasteiger partial charge on any atom is 0.0781 e. The van der Waals surface area contributed by atoms with E-state index in [2.05, 4.69) is 71.1 Å². The van der Waals surface area contributed by atoms with Gasteiger partial charge in [0.2, 0.25) is 0 Å². The van der Waals surface area contributed by atoms with Gasteiger partial charge in [0.25, 0.3) is 0 Å². The number of hydrogen-bond acceptors (Lipinski definition) is 3. The van der Waals surface area contributed by atoms with Crippen molar-refractivity contribution in [1.82, 2.24) is 5.32 Å². The van der Waals surface area contributed by atoms with Gasteiger partial charge in [0.05, 0.1) is 12.2 Å². The largest absolute Gasteiger partial charge is 0.378 e. The zero-order valence-corrected chi connectivity index (χ0v) is 26.0. The molecule has 38 heavy (non-hydrogen) atoms. The van der Waals surface area contributed by atoms with Gasteiger partial charge in [-0.1, -0.05) is 109 Å². The number of dihydropyridines is 1. The number of ether oxygens (including phenoxy) is 2. The Labute approximate surface area is 235 Å². The molecule has 1 aromatic carbocycles. The van der Waals surface area contributed by atoms with Gasteiger partial charge in [-0.3, -0.25) is 0 Å². The van der Waals surface area contributed by atoms with Crippen LogP contribution < -0.4 is 5.32 Å². The lowest BCUT2D eigenvalue weighted by Crippen LogP contribution is -2.29. The first-order chi connectivity index (χ1) is 18.5. The molecule has 3 heteroatoms. The van der Waals surface area contributed by atoms with Crippen molar-refractivity contribution in [2.45, 2.75) is 150 Å². The Kier molecular flexibility index (Phi) is 16.0. The van der Waals surface area contributed by atoms with E-state index in [9.17, 15) is 0 Å². The lowest BCUT2D eigenvalue weighted by molar-refractivity contribution is 0.0552. The zero-order chi connectivity index (χ0) is 27.8. The van der Waals surface area contributed by atoms with Gasteiger partial charge in [-0.2, -0.15) is 0 Å². The lowest BCUT2D eigenvalue weighted by Gasteiger charge is -2.35. The van der Waals surface area contributed by atoms with Crippen molar-refractivity contribution in [3.8, 4) is 0 Å². The van der Waals surface area contributed by atoms with Gasteiger partial charge in [0, 0.05) is 31.0 Å². The standard InChI is InChI=1S/C35H59NO2/c1-8-11-12-13-14-15-16-17-18-19-20-21-32(38-10-3)26-30-22-24-31(25-23-30)35-33(9-2)27(4)36-28(5)34(35)29(6)37-7/h22-25,29,32,35-36H,8-21,26H2,1-7H3. The van der Waals surface area contributed by atoms with Crippen LogP contribution in [0, 0.1) is 0 Å². The minimum atomic E-state index is 0.0787. The molecule has 3 nitrogen and oxygen atoms in total. The fourth-order valence-corrected chi connectivity index (χ4v) is 6.20. The molecule has 0 aliphatic carbocycles. The SMILES string of the molecule is CCCCCCCCCCCCCC(Cc1ccc(C2C(CC)=C(C)NC(C)=C2C(C)OC)cc1)OCC. The number of rotatable bonds is 20. The molecule has 0 aromatic heterocycles. The molecule has 3 unspecified atom stereocenters. The number of methoxy groups -OCH3 is 1. The molecule has 1 aliphatic heterocycles. The molecule has 0 spiro atoms. The Bertz CT molecular complexity index is 838. The molecular formula is C35H59NO2. The number of benzene rings is 1. The van der Waals surface area contributed by atoms with Crippen molar-refractivity contribution >= 4 is 0 Å². The van der Waals surface area contributed by atoms with E-state index in [1.54, 1.807) is 0 Å². The second-order valence-electron chi connectivity index (χ2n) is 11.4. The van der Waals surface area contributed by atoms with E-state index in [0.29, 0.717) is 6.10 Å². The Balaban J connectivity index is 1.88. The third-order valence-corrected chi connectivity index (χ3v) is 8.43. The van der Waals surface area contributed by atoms with E-state index < -0.39 is 0 Å². The highest BCUT2D eigenvalue weighted by Gasteiger charge is 2.31. The highest BCUT2D eigenvalue weighted by Crippen LogP contribution is 2.41. The molecule has 0 saturated heterocycles. The van der Waals surface area contributed by atoms with Crippen LogP contribution in [0.15, 0.2) is 46.8 Å². The lowest BCUT2D eigenvalue weighted by atomic mass is 9.77. The predicted octanol–water partition coefficient (Wildman–Crippen LogP) is 10.0. The first kappa shape index (κ1) is 32.6. The van der Waals surface area contributed by atoms with Crippen LogP contribution in [0.4, 0.5) is 0 Å². The van der Waals surface area contributed by atoms with Crippen molar-refractivity contribution in [3.63, 3.8) is 0 Å². The molecule has 1 N–H and O–H groups in total. The fraction of sp³-hybridized carbons (Fsp3) is 0.714. The van der Waals surface area contributed by atoms with Gasteiger partial charge in [-0.25, -0.2) is 0 Å². The average Bonchev–Trinajstić information content (AvgIpc) is 2.91. The van der Waals surface area contributed by atoms with Gasteiger partial charge in [-0.05, 0) is 69.2 Å². The fourth-order valence-electron chi connectivity index (χ4n) is 6.20. The topological polar surface area (TPSA) is 30.5 Å². The highest BCUT2D eigenvalue weighted by atomic mass is 16.5. The number of allylic oxidation sites excluding steroid dienone is 3. The van der Waals surface area contributed by atoms with Crippen molar-refractivity contribution in [1.29, 1.82) is 0 Å². The van der Waals surface area contributed by atoms with E-state index in [0.717, 1.165) is 19.4 Å². The van der Waals surface area contributed by atoms with E-state index in [4.69, 9.17) is 9.47 Å². The van der Waals surface area contributed by atoms with Gasteiger partial charge in [0.15, 0.2) is 0 Å². The summed E-state index contributed by atoms with van der Waals surface area (Å²) < 4.78 is 12.0. The molecular weight excluding hydrogens is 466 g/mol. The van der Waals surface area contributed by atoms with Crippen molar-refractivity contribution in [3.05, 3.63) is 57.9 Å². The van der Waals surface area contributed by atoms with E-state index in [-0.39, 0.29) is 12.0 Å². The molecule has 1 aromatic rings. The van der Waals surface area contributed by atoms with E-state index in [1.165, 1.54) is 111 Å². The van der Waals surface area contributed by atoms with Crippen LogP contribution in [-0.2, 0) is 15.9 Å². The van der Waals surface area contributed by atoms with E-state index >= 15 is 0 Å². The van der Waals surface area contributed by atoms with Gasteiger partial charge >= 0.3 is 0 Å². The summed E-state index contributed by atoms with van der Waals surface area (Å²) >= 11 is 0. The number of unbranched alkanes of at least 4 members (excludes halogenated alkanes) is 10. The second kappa shape index (κ2) is 18.7. The summed E-state index contributed by atoms with van der Waals surface area (Å²) in [6.45, 7) is 14.0. The summed E-state index contributed by atoms with van der Waals surface area (Å²) in [6, 6.07) is 9.35.